The third-order valence-corrected chi connectivity index (χ3v) is 6.83. The van der Waals surface area contributed by atoms with Gasteiger partial charge in [0.2, 0.25) is 0 Å². The Labute approximate surface area is 182 Å². The van der Waals surface area contributed by atoms with Crippen molar-refractivity contribution >= 4 is 54.9 Å². The topological polar surface area (TPSA) is 76.0 Å². The molecule has 0 N–H and O–H groups in total. The first-order chi connectivity index (χ1) is 13.8. The summed E-state index contributed by atoms with van der Waals surface area (Å²) in [6.45, 7) is 3.79. The Morgan fingerprint density at radius 2 is 1.97 bits per heavy atom. The Hall–Kier alpha value is -2.36. The van der Waals surface area contributed by atoms with Crippen LogP contribution in [0.3, 0.4) is 0 Å². The largest absolute Gasteiger partial charge is 0.497 e. The third kappa shape index (κ3) is 4.98. The van der Waals surface area contributed by atoms with Gasteiger partial charge >= 0.3 is 0 Å². The highest BCUT2D eigenvalue weighted by molar-refractivity contribution is 9.10. The van der Waals surface area contributed by atoms with E-state index < -0.39 is 10.0 Å². The zero-order chi connectivity index (χ0) is 21.0. The van der Waals surface area contributed by atoms with E-state index in [-0.39, 0.29) is 22.5 Å². The van der Waals surface area contributed by atoms with Gasteiger partial charge in [-0.05, 0) is 59.8 Å². The van der Waals surface area contributed by atoms with E-state index in [1.165, 1.54) is 23.1 Å². The number of amides is 1. The molecule has 150 valence electrons. The fourth-order valence-electron chi connectivity index (χ4n) is 2.51. The number of benzene rings is 2. The zero-order valence-electron chi connectivity index (χ0n) is 15.4. The molecular formula is C20H17BrN2O4S2. The minimum Gasteiger partial charge on any atom is -0.497 e. The summed E-state index contributed by atoms with van der Waals surface area (Å²) in [6.07, 6.45) is 3.20. The van der Waals surface area contributed by atoms with Crippen LogP contribution in [0, 0.1) is 0 Å². The van der Waals surface area contributed by atoms with Crippen LogP contribution in [-0.4, -0.2) is 38.0 Å². The van der Waals surface area contributed by atoms with Gasteiger partial charge in [-0.3, -0.25) is 9.69 Å². The molecule has 0 saturated carbocycles. The summed E-state index contributed by atoms with van der Waals surface area (Å²) in [5.74, 6) is 0.326. The van der Waals surface area contributed by atoms with Crippen molar-refractivity contribution in [3.63, 3.8) is 0 Å². The lowest BCUT2D eigenvalue weighted by atomic mass is 10.2. The Morgan fingerprint density at radius 1 is 1.24 bits per heavy atom. The zero-order valence-corrected chi connectivity index (χ0v) is 18.6. The van der Waals surface area contributed by atoms with Crippen LogP contribution in [0.2, 0.25) is 0 Å². The van der Waals surface area contributed by atoms with E-state index in [0.717, 1.165) is 21.8 Å². The van der Waals surface area contributed by atoms with Crippen molar-refractivity contribution in [3.05, 3.63) is 76.1 Å². The fourth-order valence-corrected chi connectivity index (χ4v) is 4.97. The number of nitrogens with zero attached hydrogens (tertiary/aromatic N) is 2. The highest BCUT2D eigenvalue weighted by Crippen LogP contribution is 2.34. The van der Waals surface area contributed by atoms with Gasteiger partial charge in [0, 0.05) is 11.0 Å². The summed E-state index contributed by atoms with van der Waals surface area (Å²) >= 11 is 4.28. The molecule has 9 heteroatoms. The average Bonchev–Trinajstić information content (AvgIpc) is 2.97. The van der Waals surface area contributed by atoms with Gasteiger partial charge in [0.1, 0.15) is 5.75 Å². The molecule has 0 unspecified atom stereocenters. The van der Waals surface area contributed by atoms with E-state index in [4.69, 9.17) is 4.74 Å². The van der Waals surface area contributed by atoms with Crippen LogP contribution in [0.25, 0.3) is 6.08 Å². The van der Waals surface area contributed by atoms with Crippen LogP contribution in [0.4, 0.5) is 0 Å². The van der Waals surface area contributed by atoms with Crippen LogP contribution in [0.15, 0.2) is 79.9 Å². The number of rotatable bonds is 6. The summed E-state index contributed by atoms with van der Waals surface area (Å²) in [4.78, 5) is 14.5. The second-order valence-corrected chi connectivity index (χ2v) is 9.42. The first kappa shape index (κ1) is 21.4. The molecular weight excluding hydrogens is 476 g/mol. The van der Waals surface area contributed by atoms with Gasteiger partial charge in [-0.2, -0.15) is 8.42 Å². The van der Waals surface area contributed by atoms with Gasteiger partial charge in [0.25, 0.3) is 15.9 Å². The number of sulfonamides is 1. The van der Waals surface area contributed by atoms with E-state index in [9.17, 15) is 13.2 Å². The van der Waals surface area contributed by atoms with Crippen molar-refractivity contribution in [1.82, 2.24) is 4.90 Å². The van der Waals surface area contributed by atoms with Crippen molar-refractivity contribution in [1.29, 1.82) is 0 Å². The highest BCUT2D eigenvalue weighted by atomic mass is 79.9. The predicted octanol–water partition coefficient (Wildman–Crippen LogP) is 4.30. The molecule has 1 saturated heterocycles. The Kier molecular flexibility index (Phi) is 6.61. The maximum Gasteiger partial charge on any atom is 0.284 e. The summed E-state index contributed by atoms with van der Waals surface area (Å²) < 4.78 is 35.2. The second-order valence-electron chi connectivity index (χ2n) is 5.89. The second kappa shape index (κ2) is 8.98. The van der Waals surface area contributed by atoms with Gasteiger partial charge < -0.3 is 4.74 Å². The first-order valence-corrected chi connectivity index (χ1v) is 11.5. The van der Waals surface area contributed by atoms with Crippen molar-refractivity contribution in [2.24, 2.45) is 4.40 Å². The minimum absolute atomic E-state index is 0.0463. The number of hydrogen-bond acceptors (Lipinski definition) is 5. The third-order valence-electron chi connectivity index (χ3n) is 3.90. The normalized spacial score (nSPS) is 17.2. The lowest BCUT2D eigenvalue weighted by Crippen LogP contribution is -2.29. The monoisotopic (exact) mass is 492 g/mol. The van der Waals surface area contributed by atoms with Crippen LogP contribution >= 0.6 is 27.7 Å². The maximum absolute atomic E-state index is 12.8. The molecule has 6 nitrogen and oxygen atoms in total. The number of carbonyl (C=O) groups is 1. The summed E-state index contributed by atoms with van der Waals surface area (Å²) in [5.41, 5.74) is 0.760. The van der Waals surface area contributed by atoms with Gasteiger partial charge in [0.05, 0.1) is 16.9 Å². The molecule has 1 heterocycles. The van der Waals surface area contributed by atoms with Crippen LogP contribution in [-0.2, 0) is 14.8 Å². The van der Waals surface area contributed by atoms with Crippen molar-refractivity contribution in [2.75, 3.05) is 13.7 Å². The number of halogens is 1. The standard InChI is InChI=1S/C20H17BrN2O4S2/c1-3-11-23-19(24)18(13-14-5-4-6-16(12-14)27-2)28-20(23)22-29(25,26)17-9-7-15(21)8-10-17/h3-10,12-13H,1,11H2,2H3/b18-13-,22-20+. The molecule has 0 aromatic heterocycles. The Morgan fingerprint density at radius 3 is 2.62 bits per heavy atom. The maximum atomic E-state index is 12.8. The molecule has 0 bridgehead atoms. The molecule has 1 aliphatic rings. The molecule has 1 amide bonds. The lowest BCUT2D eigenvalue weighted by molar-refractivity contribution is -0.121. The number of thioether (sulfide) groups is 1. The van der Waals surface area contributed by atoms with Crippen LogP contribution in [0.1, 0.15) is 5.56 Å². The van der Waals surface area contributed by atoms with E-state index in [1.54, 1.807) is 37.5 Å². The molecule has 0 radical (unpaired) electrons. The van der Waals surface area contributed by atoms with Gasteiger partial charge in [-0.25, -0.2) is 0 Å². The van der Waals surface area contributed by atoms with E-state index >= 15 is 0 Å². The number of ether oxygens (including phenoxy) is 1. The van der Waals surface area contributed by atoms with Gasteiger partial charge in [-0.1, -0.05) is 34.1 Å². The Balaban J connectivity index is 1.98. The SMILES string of the molecule is C=CCN1C(=O)/C(=C/c2cccc(OC)c2)S/C1=N/S(=O)(=O)c1ccc(Br)cc1. The van der Waals surface area contributed by atoms with E-state index in [0.29, 0.717) is 10.7 Å². The fraction of sp³-hybridized carbons (Fsp3) is 0.100. The molecule has 0 atom stereocenters. The average molecular weight is 493 g/mol. The van der Waals surface area contributed by atoms with E-state index in [1.807, 2.05) is 12.1 Å². The molecule has 29 heavy (non-hydrogen) atoms. The first-order valence-electron chi connectivity index (χ1n) is 8.41. The molecule has 2 aromatic rings. The smallest absolute Gasteiger partial charge is 0.284 e. The predicted molar refractivity (Wildman–Crippen MR) is 119 cm³/mol. The Bertz CT molecular complexity index is 1110. The number of methoxy groups -OCH3 is 1. The quantitative estimate of drug-likeness (QED) is 0.443. The van der Waals surface area contributed by atoms with Crippen LogP contribution < -0.4 is 4.74 Å². The lowest BCUT2D eigenvalue weighted by Gasteiger charge is -2.12. The minimum atomic E-state index is -3.97. The summed E-state index contributed by atoms with van der Waals surface area (Å²) in [6, 6.07) is 13.4. The molecule has 0 spiro atoms. The molecule has 2 aromatic carbocycles. The highest BCUT2D eigenvalue weighted by Gasteiger charge is 2.34. The van der Waals surface area contributed by atoms with Crippen molar-refractivity contribution < 1.29 is 17.9 Å². The molecule has 0 aliphatic carbocycles. The summed E-state index contributed by atoms with van der Waals surface area (Å²) in [5, 5.41) is 0.0898. The summed E-state index contributed by atoms with van der Waals surface area (Å²) in [7, 11) is -2.41. The van der Waals surface area contributed by atoms with Gasteiger partial charge in [0.15, 0.2) is 5.17 Å². The van der Waals surface area contributed by atoms with Gasteiger partial charge in [-0.15, -0.1) is 11.0 Å². The number of amidine groups is 1. The number of hydrogen-bond donors (Lipinski definition) is 0. The number of carbonyl (C=O) groups excluding carboxylic acids is 1. The van der Waals surface area contributed by atoms with Crippen molar-refractivity contribution in [3.8, 4) is 5.75 Å². The molecule has 3 rings (SSSR count). The molecule has 1 aliphatic heterocycles. The van der Waals surface area contributed by atoms with Crippen molar-refractivity contribution in [2.45, 2.75) is 4.90 Å². The van der Waals surface area contributed by atoms with Crippen LogP contribution in [0.5, 0.6) is 5.75 Å². The molecule has 1 fully saturated rings. The van der Waals surface area contributed by atoms with E-state index in [2.05, 4.69) is 26.9 Å².